The summed E-state index contributed by atoms with van der Waals surface area (Å²) >= 11 is 3.49. The summed E-state index contributed by atoms with van der Waals surface area (Å²) in [6.07, 6.45) is 0. The van der Waals surface area contributed by atoms with Crippen molar-refractivity contribution >= 4 is 38.2 Å². The standard InChI is InChI=1S/C25H22BrN3O3/c1-29(2)13-15-3-7-18(8-4-15)27-24(16-5-10-21-22(11-16)32-14-31-21)23-19-9-6-17(26)12-20(19)28-25(23)30/h3-12,28,30H,13-14H2,1-2H3. The molecule has 2 heterocycles. The number of nitrogens with one attached hydrogen (secondary N) is 1. The van der Waals surface area contributed by atoms with Gasteiger partial charge in [-0.1, -0.05) is 34.1 Å². The Morgan fingerprint density at radius 1 is 1.03 bits per heavy atom. The summed E-state index contributed by atoms with van der Waals surface area (Å²) in [7, 11) is 4.09. The molecule has 1 aliphatic heterocycles. The van der Waals surface area contributed by atoms with E-state index in [-0.39, 0.29) is 12.7 Å². The minimum atomic E-state index is 0.0683. The highest BCUT2D eigenvalue weighted by Gasteiger charge is 2.22. The van der Waals surface area contributed by atoms with E-state index < -0.39 is 0 Å². The van der Waals surface area contributed by atoms with Crippen molar-refractivity contribution in [3.8, 4) is 17.4 Å². The molecule has 0 radical (unpaired) electrons. The lowest BCUT2D eigenvalue weighted by molar-refractivity contribution is 0.174. The highest BCUT2D eigenvalue weighted by Crippen LogP contribution is 2.37. The fourth-order valence-corrected chi connectivity index (χ4v) is 4.24. The van der Waals surface area contributed by atoms with Gasteiger partial charge in [-0.25, -0.2) is 4.99 Å². The van der Waals surface area contributed by atoms with Crippen molar-refractivity contribution in [1.29, 1.82) is 0 Å². The predicted molar refractivity (Wildman–Crippen MR) is 129 cm³/mol. The molecule has 0 atom stereocenters. The van der Waals surface area contributed by atoms with Crippen LogP contribution in [-0.2, 0) is 6.54 Å². The van der Waals surface area contributed by atoms with Gasteiger partial charge in [0, 0.05) is 22.0 Å². The predicted octanol–water partition coefficient (Wildman–Crippen LogP) is 5.60. The lowest BCUT2D eigenvalue weighted by Gasteiger charge is -2.11. The van der Waals surface area contributed by atoms with E-state index in [2.05, 4.69) is 37.9 Å². The van der Waals surface area contributed by atoms with E-state index in [4.69, 9.17) is 14.5 Å². The number of halogens is 1. The Morgan fingerprint density at radius 3 is 2.59 bits per heavy atom. The number of benzene rings is 3. The molecule has 0 aliphatic carbocycles. The van der Waals surface area contributed by atoms with Crippen molar-refractivity contribution in [2.75, 3.05) is 20.9 Å². The number of aromatic hydroxyl groups is 1. The van der Waals surface area contributed by atoms with Crippen LogP contribution in [0.1, 0.15) is 16.7 Å². The Labute approximate surface area is 194 Å². The highest BCUT2D eigenvalue weighted by molar-refractivity contribution is 9.10. The molecule has 0 amide bonds. The fraction of sp³-hybridized carbons (Fsp3) is 0.160. The van der Waals surface area contributed by atoms with Gasteiger partial charge in [-0.15, -0.1) is 0 Å². The van der Waals surface area contributed by atoms with Crippen molar-refractivity contribution in [3.63, 3.8) is 0 Å². The van der Waals surface area contributed by atoms with Crippen LogP contribution >= 0.6 is 15.9 Å². The first-order valence-corrected chi connectivity index (χ1v) is 11.0. The van der Waals surface area contributed by atoms with Gasteiger partial charge in [0.1, 0.15) is 0 Å². The van der Waals surface area contributed by atoms with Gasteiger partial charge in [0.05, 0.1) is 22.5 Å². The van der Waals surface area contributed by atoms with Crippen LogP contribution in [0, 0.1) is 0 Å². The molecule has 0 unspecified atom stereocenters. The monoisotopic (exact) mass is 491 g/mol. The molecule has 6 nitrogen and oxygen atoms in total. The quantitative estimate of drug-likeness (QED) is 0.356. The van der Waals surface area contributed by atoms with E-state index in [0.717, 1.165) is 33.2 Å². The number of aromatic amines is 1. The third-order valence-corrected chi connectivity index (χ3v) is 5.79. The van der Waals surface area contributed by atoms with E-state index in [0.29, 0.717) is 22.8 Å². The number of aromatic nitrogens is 1. The minimum absolute atomic E-state index is 0.0683. The number of hydrogen-bond donors (Lipinski definition) is 2. The smallest absolute Gasteiger partial charge is 0.231 e. The number of hydrogen-bond acceptors (Lipinski definition) is 5. The topological polar surface area (TPSA) is 70.1 Å². The second kappa shape index (κ2) is 8.33. The van der Waals surface area contributed by atoms with Crippen LogP contribution < -0.4 is 9.47 Å². The zero-order chi connectivity index (χ0) is 22.2. The first-order valence-electron chi connectivity index (χ1n) is 10.2. The fourth-order valence-electron chi connectivity index (χ4n) is 3.87. The van der Waals surface area contributed by atoms with Crippen molar-refractivity contribution < 1.29 is 14.6 Å². The van der Waals surface area contributed by atoms with Gasteiger partial charge >= 0.3 is 0 Å². The van der Waals surface area contributed by atoms with Crippen molar-refractivity contribution in [2.45, 2.75) is 6.54 Å². The van der Waals surface area contributed by atoms with Crippen LogP contribution in [0.3, 0.4) is 0 Å². The number of rotatable bonds is 5. The molecular formula is C25H22BrN3O3. The van der Waals surface area contributed by atoms with Crippen molar-refractivity contribution in [2.24, 2.45) is 4.99 Å². The second-order valence-electron chi connectivity index (χ2n) is 7.97. The maximum Gasteiger partial charge on any atom is 0.231 e. The van der Waals surface area contributed by atoms with Gasteiger partial charge in [0.2, 0.25) is 6.79 Å². The second-order valence-corrected chi connectivity index (χ2v) is 8.89. The highest BCUT2D eigenvalue weighted by atomic mass is 79.9. The Hall–Kier alpha value is -3.29. The van der Waals surface area contributed by atoms with Crippen LogP contribution in [0.25, 0.3) is 10.9 Å². The first-order chi connectivity index (χ1) is 15.5. The SMILES string of the molecule is CN(C)Cc1ccc(N=C(c2ccc3c(c2)OCO3)c2c(O)[nH]c3cc(Br)ccc23)cc1. The summed E-state index contributed by atoms with van der Waals surface area (Å²) in [6.45, 7) is 1.06. The zero-order valence-electron chi connectivity index (χ0n) is 17.7. The van der Waals surface area contributed by atoms with Crippen LogP contribution in [0.5, 0.6) is 17.4 Å². The van der Waals surface area contributed by atoms with E-state index in [1.165, 1.54) is 5.56 Å². The van der Waals surface area contributed by atoms with Crippen LogP contribution in [0.2, 0.25) is 0 Å². The third kappa shape index (κ3) is 3.97. The van der Waals surface area contributed by atoms with Crippen LogP contribution in [0.4, 0.5) is 5.69 Å². The Bertz CT molecular complexity index is 1330. The molecule has 4 aromatic rings. The summed E-state index contributed by atoms with van der Waals surface area (Å²) in [6, 6.07) is 19.7. The normalized spacial score (nSPS) is 13.3. The molecule has 0 saturated heterocycles. The van der Waals surface area contributed by atoms with Gasteiger partial charge in [-0.3, -0.25) is 0 Å². The van der Waals surface area contributed by atoms with Gasteiger partial charge in [-0.05, 0) is 62.1 Å². The minimum Gasteiger partial charge on any atom is -0.494 e. The molecule has 3 aromatic carbocycles. The molecule has 0 saturated carbocycles. The molecule has 0 spiro atoms. The average Bonchev–Trinajstić information content (AvgIpc) is 3.35. The van der Waals surface area contributed by atoms with Gasteiger partial charge in [-0.2, -0.15) is 0 Å². The molecule has 7 heteroatoms. The number of H-pyrrole nitrogens is 1. The number of nitrogens with zero attached hydrogens (tertiary/aromatic N) is 2. The van der Waals surface area contributed by atoms with Crippen LogP contribution in [0.15, 0.2) is 70.1 Å². The number of ether oxygens (including phenoxy) is 2. The van der Waals surface area contributed by atoms with Gasteiger partial charge in [0.25, 0.3) is 0 Å². The average molecular weight is 492 g/mol. The third-order valence-electron chi connectivity index (χ3n) is 5.30. The summed E-state index contributed by atoms with van der Waals surface area (Å²) in [5.74, 6) is 1.44. The molecule has 5 rings (SSSR count). The number of fused-ring (bicyclic) bond motifs is 2. The Balaban J connectivity index is 1.67. The van der Waals surface area contributed by atoms with E-state index in [1.807, 2.05) is 62.6 Å². The molecular weight excluding hydrogens is 470 g/mol. The zero-order valence-corrected chi connectivity index (χ0v) is 19.3. The van der Waals surface area contributed by atoms with E-state index >= 15 is 0 Å². The maximum atomic E-state index is 10.9. The lowest BCUT2D eigenvalue weighted by atomic mass is 10.00. The van der Waals surface area contributed by atoms with Crippen molar-refractivity contribution in [1.82, 2.24) is 9.88 Å². The molecule has 0 fully saturated rings. The molecule has 2 N–H and O–H groups in total. The Morgan fingerprint density at radius 2 is 1.81 bits per heavy atom. The lowest BCUT2D eigenvalue weighted by Crippen LogP contribution is -2.10. The Kier molecular flexibility index (Phi) is 5.36. The van der Waals surface area contributed by atoms with Gasteiger partial charge < -0.3 is 24.5 Å². The number of aliphatic imine (C=N–C) groups is 1. The molecule has 162 valence electrons. The van der Waals surface area contributed by atoms with E-state index in [9.17, 15) is 5.11 Å². The summed E-state index contributed by atoms with van der Waals surface area (Å²) in [5, 5.41) is 11.7. The van der Waals surface area contributed by atoms with Crippen molar-refractivity contribution in [3.05, 3.63) is 81.8 Å². The molecule has 1 aromatic heterocycles. The summed E-state index contributed by atoms with van der Waals surface area (Å²) in [4.78, 5) is 10.2. The molecule has 32 heavy (non-hydrogen) atoms. The first kappa shape index (κ1) is 20.6. The van der Waals surface area contributed by atoms with Crippen LogP contribution in [-0.4, -0.2) is 41.6 Å². The summed E-state index contributed by atoms with van der Waals surface area (Å²) in [5.41, 5.74) is 4.94. The van der Waals surface area contributed by atoms with E-state index in [1.54, 1.807) is 0 Å². The molecule has 1 aliphatic rings. The largest absolute Gasteiger partial charge is 0.494 e. The van der Waals surface area contributed by atoms with Gasteiger partial charge in [0.15, 0.2) is 17.4 Å². The summed E-state index contributed by atoms with van der Waals surface area (Å²) < 4.78 is 12.0. The molecule has 0 bridgehead atoms. The maximum absolute atomic E-state index is 10.9.